The first-order valence-corrected chi connectivity index (χ1v) is 5.31. The van der Waals surface area contributed by atoms with Crippen molar-refractivity contribution >= 4 is 0 Å². The van der Waals surface area contributed by atoms with Crippen molar-refractivity contribution in [2.24, 2.45) is 10.8 Å². The molecule has 0 saturated carbocycles. The summed E-state index contributed by atoms with van der Waals surface area (Å²) in [5.41, 5.74) is 3.81. The van der Waals surface area contributed by atoms with E-state index in [1.807, 2.05) is 0 Å². The maximum atomic E-state index is 2.31. The van der Waals surface area contributed by atoms with Crippen LogP contribution in [0.25, 0.3) is 0 Å². The van der Waals surface area contributed by atoms with Crippen LogP contribution >= 0.6 is 0 Å². The number of rotatable bonds is 1. The van der Waals surface area contributed by atoms with Crippen molar-refractivity contribution in [1.82, 2.24) is 0 Å². The van der Waals surface area contributed by atoms with Crippen molar-refractivity contribution in [2.75, 3.05) is 0 Å². The fourth-order valence-electron chi connectivity index (χ4n) is 1.81. The van der Waals surface area contributed by atoms with E-state index >= 15 is 0 Å². The molecule has 0 amide bonds. The standard InChI is InChI=1S/C13H26/c1-9-11(13(6,7)8)10(2)12(3,4)5/h9H2,1-8H3/b11-10-. The molecule has 0 aromatic carbocycles. The number of hydrogen-bond donors (Lipinski definition) is 0. The van der Waals surface area contributed by atoms with Gasteiger partial charge in [-0.15, -0.1) is 0 Å². The van der Waals surface area contributed by atoms with Crippen LogP contribution in [0.2, 0.25) is 0 Å². The lowest BCUT2D eigenvalue weighted by molar-refractivity contribution is 0.434. The molecule has 0 aromatic rings. The third kappa shape index (κ3) is 3.54. The summed E-state index contributed by atoms with van der Waals surface area (Å²) in [6.07, 6.45) is 1.17. The second kappa shape index (κ2) is 3.86. The molecule has 0 aliphatic carbocycles. The van der Waals surface area contributed by atoms with Gasteiger partial charge in [-0.25, -0.2) is 0 Å². The Morgan fingerprint density at radius 2 is 1.23 bits per heavy atom. The SMILES string of the molecule is CC/C(=C(\C)C(C)(C)C)C(C)(C)C. The van der Waals surface area contributed by atoms with Crippen molar-refractivity contribution < 1.29 is 0 Å². The van der Waals surface area contributed by atoms with E-state index < -0.39 is 0 Å². The van der Waals surface area contributed by atoms with Gasteiger partial charge in [0.05, 0.1) is 0 Å². The third-order valence-corrected chi connectivity index (χ3v) is 2.84. The summed E-state index contributed by atoms with van der Waals surface area (Å²) < 4.78 is 0. The van der Waals surface area contributed by atoms with Crippen LogP contribution in [0.5, 0.6) is 0 Å². The molecule has 0 rings (SSSR count). The van der Waals surface area contributed by atoms with Gasteiger partial charge in [0, 0.05) is 0 Å². The van der Waals surface area contributed by atoms with Crippen molar-refractivity contribution in [2.45, 2.75) is 61.8 Å². The number of hydrogen-bond acceptors (Lipinski definition) is 0. The molecule has 0 aromatic heterocycles. The van der Waals surface area contributed by atoms with E-state index in [0.717, 1.165) is 0 Å². The molecule has 0 bridgehead atoms. The lowest BCUT2D eigenvalue weighted by Gasteiger charge is -2.31. The molecule has 0 radical (unpaired) electrons. The maximum absolute atomic E-state index is 2.31. The predicted molar refractivity (Wildman–Crippen MR) is 61.9 cm³/mol. The van der Waals surface area contributed by atoms with E-state index in [4.69, 9.17) is 0 Å². The van der Waals surface area contributed by atoms with Crippen molar-refractivity contribution in [3.63, 3.8) is 0 Å². The highest BCUT2D eigenvalue weighted by atomic mass is 14.3. The van der Waals surface area contributed by atoms with Gasteiger partial charge >= 0.3 is 0 Å². The molecule has 0 aliphatic rings. The molecule has 0 atom stereocenters. The van der Waals surface area contributed by atoms with E-state index in [1.54, 1.807) is 11.1 Å². The largest absolute Gasteiger partial charge is 0.0682 e. The van der Waals surface area contributed by atoms with Crippen LogP contribution in [0.1, 0.15) is 61.8 Å². The van der Waals surface area contributed by atoms with E-state index in [2.05, 4.69) is 55.4 Å². The Morgan fingerprint density at radius 3 is 1.31 bits per heavy atom. The molecule has 0 heterocycles. The highest BCUT2D eigenvalue weighted by Crippen LogP contribution is 2.37. The molecule has 13 heavy (non-hydrogen) atoms. The van der Waals surface area contributed by atoms with Crippen LogP contribution in [0.3, 0.4) is 0 Å². The summed E-state index contributed by atoms with van der Waals surface area (Å²) in [4.78, 5) is 0. The molecule has 0 fully saturated rings. The Morgan fingerprint density at radius 1 is 0.846 bits per heavy atom. The molecular weight excluding hydrogens is 156 g/mol. The lowest BCUT2D eigenvalue weighted by atomic mass is 9.75. The first-order valence-electron chi connectivity index (χ1n) is 5.31. The topological polar surface area (TPSA) is 0 Å². The molecule has 78 valence electrons. The Bertz CT molecular complexity index is 193. The maximum Gasteiger partial charge on any atom is -0.0170 e. The molecule has 0 spiro atoms. The van der Waals surface area contributed by atoms with E-state index in [-0.39, 0.29) is 0 Å². The molecular formula is C13H26. The van der Waals surface area contributed by atoms with Crippen LogP contribution in [-0.2, 0) is 0 Å². The summed E-state index contributed by atoms with van der Waals surface area (Å²) in [5.74, 6) is 0. The lowest BCUT2D eigenvalue weighted by Crippen LogP contribution is -2.17. The zero-order chi connectivity index (χ0) is 10.9. The zero-order valence-corrected chi connectivity index (χ0v) is 10.7. The van der Waals surface area contributed by atoms with Crippen LogP contribution in [0, 0.1) is 10.8 Å². The van der Waals surface area contributed by atoms with Gasteiger partial charge in [-0.2, -0.15) is 0 Å². The Hall–Kier alpha value is -0.260. The Kier molecular flexibility index (Phi) is 3.78. The van der Waals surface area contributed by atoms with Gasteiger partial charge in [-0.3, -0.25) is 0 Å². The Balaban J connectivity index is 5.16. The highest BCUT2D eigenvalue weighted by Gasteiger charge is 2.23. The monoisotopic (exact) mass is 182 g/mol. The summed E-state index contributed by atoms with van der Waals surface area (Å²) in [7, 11) is 0. The third-order valence-electron chi connectivity index (χ3n) is 2.84. The molecule has 0 saturated heterocycles. The van der Waals surface area contributed by atoms with Crippen LogP contribution in [0.4, 0.5) is 0 Å². The quantitative estimate of drug-likeness (QED) is 0.511. The first-order chi connectivity index (χ1) is 5.60. The Labute approximate surface area is 84.4 Å². The van der Waals surface area contributed by atoms with Gasteiger partial charge in [0.1, 0.15) is 0 Å². The smallest absolute Gasteiger partial charge is 0.0170 e. The van der Waals surface area contributed by atoms with Crippen molar-refractivity contribution in [3.8, 4) is 0 Å². The van der Waals surface area contributed by atoms with Gasteiger partial charge in [0.25, 0.3) is 0 Å². The minimum atomic E-state index is 0.318. The van der Waals surface area contributed by atoms with Gasteiger partial charge in [0.15, 0.2) is 0 Å². The average Bonchev–Trinajstić information content (AvgIpc) is 1.83. The van der Waals surface area contributed by atoms with Gasteiger partial charge in [-0.05, 0) is 24.2 Å². The van der Waals surface area contributed by atoms with Crippen molar-refractivity contribution in [3.05, 3.63) is 11.1 Å². The summed E-state index contributed by atoms with van der Waals surface area (Å²) in [6, 6.07) is 0. The van der Waals surface area contributed by atoms with Crippen molar-refractivity contribution in [1.29, 1.82) is 0 Å². The van der Waals surface area contributed by atoms with Crippen LogP contribution in [-0.4, -0.2) is 0 Å². The average molecular weight is 182 g/mol. The minimum Gasteiger partial charge on any atom is -0.0682 e. The van der Waals surface area contributed by atoms with Crippen LogP contribution in [0.15, 0.2) is 11.1 Å². The second-order valence-corrected chi connectivity index (χ2v) is 5.96. The van der Waals surface area contributed by atoms with Gasteiger partial charge < -0.3 is 0 Å². The zero-order valence-electron chi connectivity index (χ0n) is 10.7. The summed E-state index contributed by atoms with van der Waals surface area (Å²) in [6.45, 7) is 18.3. The van der Waals surface area contributed by atoms with Gasteiger partial charge in [0.2, 0.25) is 0 Å². The summed E-state index contributed by atoms with van der Waals surface area (Å²) >= 11 is 0. The molecule has 0 nitrogen and oxygen atoms in total. The molecule has 0 N–H and O–H groups in total. The van der Waals surface area contributed by atoms with Crippen LogP contribution < -0.4 is 0 Å². The predicted octanol–water partition coefficient (Wildman–Crippen LogP) is 4.81. The summed E-state index contributed by atoms with van der Waals surface area (Å²) in [5, 5.41) is 0. The fraction of sp³-hybridized carbons (Fsp3) is 0.846. The van der Waals surface area contributed by atoms with E-state index in [9.17, 15) is 0 Å². The fourth-order valence-corrected chi connectivity index (χ4v) is 1.81. The normalized spacial score (nSPS) is 15.7. The minimum absolute atomic E-state index is 0.318. The molecule has 0 heteroatoms. The molecule has 0 unspecified atom stereocenters. The highest BCUT2D eigenvalue weighted by molar-refractivity contribution is 5.22. The first kappa shape index (κ1) is 12.7. The number of allylic oxidation sites excluding steroid dienone is 2. The van der Waals surface area contributed by atoms with E-state index in [0.29, 0.717) is 10.8 Å². The van der Waals surface area contributed by atoms with Gasteiger partial charge in [-0.1, -0.05) is 59.6 Å². The second-order valence-electron chi connectivity index (χ2n) is 5.96. The van der Waals surface area contributed by atoms with E-state index in [1.165, 1.54) is 6.42 Å². The molecule has 0 aliphatic heterocycles.